The van der Waals surface area contributed by atoms with Gasteiger partial charge >= 0.3 is 11.8 Å². The second-order valence-electron chi connectivity index (χ2n) is 4.39. The van der Waals surface area contributed by atoms with Crippen molar-refractivity contribution in [2.45, 2.75) is 12.8 Å². The van der Waals surface area contributed by atoms with Crippen LogP contribution >= 0.6 is 0 Å². The summed E-state index contributed by atoms with van der Waals surface area (Å²) in [5.74, 6) is -1.31. The van der Waals surface area contributed by atoms with Crippen molar-refractivity contribution >= 4 is 11.8 Å². The van der Waals surface area contributed by atoms with Gasteiger partial charge in [0.15, 0.2) is 0 Å². The zero-order chi connectivity index (χ0) is 15.6. The lowest BCUT2D eigenvalue weighted by molar-refractivity contribution is -0.389. The first kappa shape index (κ1) is 14.5. The first-order valence-electron chi connectivity index (χ1n) is 6.04. The third-order valence-electron chi connectivity index (χ3n) is 3.11. The van der Waals surface area contributed by atoms with Crippen molar-refractivity contribution in [2.75, 3.05) is 7.11 Å². The van der Waals surface area contributed by atoms with Gasteiger partial charge in [-0.15, -0.1) is 0 Å². The van der Waals surface area contributed by atoms with Crippen LogP contribution in [0.1, 0.15) is 18.4 Å². The minimum atomic E-state index is -0.998. The number of nitro groups is 1. The molecule has 110 valence electrons. The van der Waals surface area contributed by atoms with Crippen molar-refractivity contribution in [3.63, 3.8) is 0 Å². The molecule has 8 nitrogen and oxygen atoms in total. The SMILES string of the molecule is COc1ccc([C@H](C)C(=O)O)c(-c2ncc([N+](=O)[O-])[nH]2)c1. The number of ether oxygens (including phenoxy) is 1. The second kappa shape index (κ2) is 5.61. The molecule has 2 rings (SSSR count). The smallest absolute Gasteiger partial charge is 0.340 e. The molecule has 0 bridgehead atoms. The molecular formula is C13H13N3O5. The Morgan fingerprint density at radius 3 is 2.76 bits per heavy atom. The van der Waals surface area contributed by atoms with Gasteiger partial charge < -0.3 is 20.0 Å². The van der Waals surface area contributed by atoms with Crippen LogP contribution in [0.4, 0.5) is 5.82 Å². The fourth-order valence-electron chi connectivity index (χ4n) is 1.92. The molecule has 1 heterocycles. The predicted octanol–water partition coefficient (Wildman–Crippen LogP) is 2.18. The van der Waals surface area contributed by atoms with E-state index < -0.39 is 16.8 Å². The number of nitrogens with zero attached hydrogens (tertiary/aromatic N) is 2. The highest BCUT2D eigenvalue weighted by Crippen LogP contribution is 2.32. The summed E-state index contributed by atoms with van der Waals surface area (Å²) >= 11 is 0. The summed E-state index contributed by atoms with van der Waals surface area (Å²) in [6, 6.07) is 4.84. The minimum absolute atomic E-state index is 0.226. The number of hydrogen-bond acceptors (Lipinski definition) is 5. The van der Waals surface area contributed by atoms with E-state index in [2.05, 4.69) is 9.97 Å². The summed E-state index contributed by atoms with van der Waals surface area (Å²) < 4.78 is 5.10. The van der Waals surface area contributed by atoms with Crippen molar-refractivity contribution in [3.8, 4) is 17.1 Å². The number of methoxy groups -OCH3 is 1. The van der Waals surface area contributed by atoms with E-state index in [1.165, 1.54) is 14.0 Å². The van der Waals surface area contributed by atoms with Crippen LogP contribution in [0.2, 0.25) is 0 Å². The number of rotatable bonds is 5. The number of imidazole rings is 1. The first-order chi connectivity index (χ1) is 9.93. The highest BCUT2D eigenvalue weighted by atomic mass is 16.6. The van der Waals surface area contributed by atoms with E-state index in [4.69, 9.17) is 9.84 Å². The molecule has 1 aromatic heterocycles. The van der Waals surface area contributed by atoms with Crippen molar-refractivity contribution < 1.29 is 19.6 Å². The zero-order valence-electron chi connectivity index (χ0n) is 11.4. The quantitative estimate of drug-likeness (QED) is 0.643. The normalized spacial score (nSPS) is 11.9. The molecule has 0 aliphatic rings. The number of benzene rings is 1. The molecule has 0 spiro atoms. The van der Waals surface area contributed by atoms with E-state index in [0.29, 0.717) is 16.9 Å². The van der Waals surface area contributed by atoms with Gasteiger partial charge in [0, 0.05) is 5.56 Å². The monoisotopic (exact) mass is 291 g/mol. The van der Waals surface area contributed by atoms with Gasteiger partial charge in [-0.3, -0.25) is 4.79 Å². The Labute approximate surface area is 119 Å². The average Bonchev–Trinajstić information content (AvgIpc) is 2.95. The fourth-order valence-corrected chi connectivity index (χ4v) is 1.92. The fraction of sp³-hybridized carbons (Fsp3) is 0.231. The van der Waals surface area contributed by atoms with E-state index in [1.807, 2.05) is 0 Å². The van der Waals surface area contributed by atoms with Crippen molar-refractivity contribution in [3.05, 3.63) is 40.1 Å². The number of aliphatic carboxylic acids is 1. The van der Waals surface area contributed by atoms with Crippen molar-refractivity contribution in [1.29, 1.82) is 0 Å². The number of carboxylic acid groups (broad SMARTS) is 1. The van der Waals surface area contributed by atoms with Gasteiger partial charge in [-0.2, -0.15) is 0 Å². The molecule has 1 atom stereocenters. The van der Waals surface area contributed by atoms with Gasteiger partial charge in [0.1, 0.15) is 11.9 Å². The molecule has 1 aromatic carbocycles. The molecule has 0 saturated carbocycles. The summed E-state index contributed by atoms with van der Waals surface area (Å²) in [4.78, 5) is 27.8. The molecule has 2 N–H and O–H groups in total. The predicted molar refractivity (Wildman–Crippen MR) is 73.3 cm³/mol. The van der Waals surface area contributed by atoms with Gasteiger partial charge in [0.05, 0.1) is 13.0 Å². The van der Waals surface area contributed by atoms with Crippen molar-refractivity contribution in [2.24, 2.45) is 0 Å². The molecular weight excluding hydrogens is 278 g/mol. The third-order valence-corrected chi connectivity index (χ3v) is 3.11. The molecule has 0 aliphatic carbocycles. The molecule has 0 amide bonds. The summed E-state index contributed by atoms with van der Waals surface area (Å²) in [6.07, 6.45) is 1.09. The van der Waals surface area contributed by atoms with E-state index in [1.54, 1.807) is 18.2 Å². The van der Waals surface area contributed by atoms with Crippen molar-refractivity contribution in [1.82, 2.24) is 9.97 Å². The van der Waals surface area contributed by atoms with E-state index in [0.717, 1.165) is 6.20 Å². The molecule has 8 heteroatoms. The zero-order valence-corrected chi connectivity index (χ0v) is 11.4. The third kappa shape index (κ3) is 2.83. The lowest BCUT2D eigenvalue weighted by atomic mass is 9.95. The number of carboxylic acids is 1. The van der Waals surface area contributed by atoms with Gasteiger partial charge in [-0.05, 0) is 29.5 Å². The highest BCUT2D eigenvalue weighted by molar-refractivity contribution is 5.80. The Bertz CT molecular complexity index is 695. The topological polar surface area (TPSA) is 118 Å². The maximum Gasteiger partial charge on any atom is 0.340 e. The number of carbonyl (C=O) groups is 1. The summed E-state index contributed by atoms with van der Waals surface area (Å²) in [7, 11) is 1.48. The van der Waals surface area contributed by atoms with E-state index >= 15 is 0 Å². The average molecular weight is 291 g/mol. The van der Waals surface area contributed by atoms with Crippen LogP contribution in [0.5, 0.6) is 5.75 Å². The van der Waals surface area contributed by atoms with Crippen LogP contribution in [-0.4, -0.2) is 33.1 Å². The van der Waals surface area contributed by atoms with E-state index in [-0.39, 0.29) is 11.6 Å². The molecule has 21 heavy (non-hydrogen) atoms. The van der Waals surface area contributed by atoms with Gasteiger partial charge in [-0.25, -0.2) is 9.97 Å². The number of hydrogen-bond donors (Lipinski definition) is 2. The van der Waals surface area contributed by atoms with Crippen LogP contribution in [-0.2, 0) is 4.79 Å². The number of aromatic nitrogens is 2. The van der Waals surface area contributed by atoms with Gasteiger partial charge in [0.2, 0.25) is 5.82 Å². The summed E-state index contributed by atoms with van der Waals surface area (Å²) in [5, 5.41) is 19.9. The van der Waals surface area contributed by atoms with Gasteiger partial charge in [0.25, 0.3) is 0 Å². The molecule has 0 radical (unpaired) electrons. The molecule has 0 fully saturated rings. The maximum absolute atomic E-state index is 11.2. The van der Waals surface area contributed by atoms with E-state index in [9.17, 15) is 14.9 Å². The molecule has 0 aliphatic heterocycles. The Balaban J connectivity index is 2.57. The second-order valence-corrected chi connectivity index (χ2v) is 4.39. The first-order valence-corrected chi connectivity index (χ1v) is 6.04. The van der Waals surface area contributed by atoms with Crippen LogP contribution in [0.25, 0.3) is 11.4 Å². The Morgan fingerprint density at radius 2 is 2.24 bits per heavy atom. The lowest BCUT2D eigenvalue weighted by Crippen LogP contribution is -2.09. The number of aromatic amines is 1. The molecule has 0 saturated heterocycles. The standard InChI is InChI=1S/C13H13N3O5/c1-7(13(17)18)9-4-3-8(21-2)5-10(9)12-14-6-11(15-12)16(19)20/h3-7H,1-2H3,(H,14,15)(H,17,18)/t7-/m0/s1. The Hall–Kier alpha value is -2.90. The minimum Gasteiger partial charge on any atom is -0.497 e. The lowest BCUT2D eigenvalue weighted by Gasteiger charge is -2.12. The van der Waals surface area contributed by atoms with Crippen LogP contribution in [0, 0.1) is 10.1 Å². The largest absolute Gasteiger partial charge is 0.497 e. The Morgan fingerprint density at radius 1 is 1.52 bits per heavy atom. The Kier molecular flexibility index (Phi) is 3.88. The number of H-pyrrole nitrogens is 1. The summed E-state index contributed by atoms with van der Waals surface area (Å²) in [6.45, 7) is 1.53. The van der Waals surface area contributed by atoms with Crippen LogP contribution in [0.15, 0.2) is 24.4 Å². The van der Waals surface area contributed by atoms with Crippen LogP contribution < -0.4 is 4.74 Å². The maximum atomic E-state index is 11.2. The van der Waals surface area contributed by atoms with Gasteiger partial charge in [-0.1, -0.05) is 6.07 Å². The molecule has 2 aromatic rings. The summed E-state index contributed by atoms with van der Waals surface area (Å²) in [5.41, 5.74) is 0.949. The molecule has 0 unspecified atom stereocenters. The number of nitrogens with one attached hydrogen (secondary N) is 1. The van der Waals surface area contributed by atoms with Crippen LogP contribution in [0.3, 0.4) is 0 Å². The highest BCUT2D eigenvalue weighted by Gasteiger charge is 2.22.